The smallest absolute Gasteiger partial charge is 0.243 e. The van der Waals surface area contributed by atoms with E-state index in [-0.39, 0.29) is 23.2 Å². The van der Waals surface area contributed by atoms with Crippen LogP contribution in [0, 0.1) is 0 Å². The van der Waals surface area contributed by atoms with Crippen molar-refractivity contribution in [3.05, 3.63) is 24.2 Å². The Hall–Kier alpha value is -1.43. The summed E-state index contributed by atoms with van der Waals surface area (Å²) in [4.78, 5) is 26.1. The van der Waals surface area contributed by atoms with Crippen LogP contribution in [0.4, 0.5) is 0 Å². The molecule has 2 heterocycles. The summed E-state index contributed by atoms with van der Waals surface area (Å²) < 4.78 is 5.10. The second-order valence-electron chi connectivity index (χ2n) is 4.70. The van der Waals surface area contributed by atoms with Crippen molar-refractivity contribution >= 4 is 23.6 Å². The summed E-state index contributed by atoms with van der Waals surface area (Å²) >= 11 is 1.61. The lowest BCUT2D eigenvalue weighted by molar-refractivity contribution is -0.139. The lowest BCUT2D eigenvalue weighted by Gasteiger charge is -2.28. The molecule has 0 aromatic carbocycles. The Kier molecular flexibility index (Phi) is 5.11. The summed E-state index contributed by atoms with van der Waals surface area (Å²) in [5.41, 5.74) is 0.933. The minimum Gasteiger partial charge on any atom is -0.472 e. The molecule has 1 aromatic heterocycles. The van der Waals surface area contributed by atoms with Gasteiger partial charge in [0.1, 0.15) is 11.4 Å². The number of nitrogens with zero attached hydrogens (tertiary/aromatic N) is 1. The first-order valence-corrected chi connectivity index (χ1v) is 7.96. The van der Waals surface area contributed by atoms with E-state index in [2.05, 4.69) is 5.32 Å². The van der Waals surface area contributed by atoms with Gasteiger partial charge in [-0.3, -0.25) is 9.59 Å². The van der Waals surface area contributed by atoms with Crippen molar-refractivity contribution in [3.8, 4) is 0 Å². The van der Waals surface area contributed by atoms with Crippen LogP contribution in [-0.2, 0) is 9.59 Å². The van der Waals surface area contributed by atoms with Crippen LogP contribution in [0.15, 0.2) is 23.0 Å². The zero-order valence-electron chi connectivity index (χ0n) is 11.8. The molecule has 1 saturated heterocycles. The molecule has 1 N–H and O–H groups in total. The number of hydrogen-bond acceptors (Lipinski definition) is 4. The van der Waals surface area contributed by atoms with E-state index in [9.17, 15) is 9.59 Å². The second-order valence-corrected chi connectivity index (χ2v) is 5.82. The first-order chi connectivity index (χ1) is 9.69. The molecule has 2 atom stereocenters. The first kappa shape index (κ1) is 15.0. The summed E-state index contributed by atoms with van der Waals surface area (Å²) in [6.07, 6.45) is 4.51. The van der Waals surface area contributed by atoms with Gasteiger partial charge in [0.15, 0.2) is 0 Å². The van der Waals surface area contributed by atoms with Crippen LogP contribution in [0.3, 0.4) is 0 Å². The number of thioether (sulfide) groups is 1. The number of rotatable bonds is 5. The van der Waals surface area contributed by atoms with E-state index in [1.54, 1.807) is 29.2 Å². The van der Waals surface area contributed by atoms with Gasteiger partial charge in [-0.1, -0.05) is 13.8 Å². The predicted molar refractivity (Wildman–Crippen MR) is 78.1 cm³/mol. The van der Waals surface area contributed by atoms with Gasteiger partial charge in [-0.25, -0.2) is 0 Å². The standard InChI is InChI=1S/C14H20N2O3S/c1-3-6-15-13(18)11-9-20-14(10-5-7-19-8-10)16(11)12(17)4-2/h5,7-8,11,14H,3-4,6,9H2,1-2H3,(H,15,18). The molecule has 6 heteroatoms. The Balaban J connectivity index is 2.17. The predicted octanol–water partition coefficient (Wildman–Crippen LogP) is 2.16. The van der Waals surface area contributed by atoms with Crippen molar-refractivity contribution in [2.24, 2.45) is 0 Å². The average molecular weight is 296 g/mol. The fraction of sp³-hybridized carbons (Fsp3) is 0.571. The molecule has 2 rings (SSSR count). The lowest BCUT2D eigenvalue weighted by atomic mass is 10.2. The van der Waals surface area contributed by atoms with Gasteiger partial charge in [-0.15, -0.1) is 11.8 Å². The maximum atomic E-state index is 12.2. The van der Waals surface area contributed by atoms with Gasteiger partial charge in [0, 0.05) is 24.3 Å². The van der Waals surface area contributed by atoms with Crippen molar-refractivity contribution in [1.82, 2.24) is 10.2 Å². The lowest BCUT2D eigenvalue weighted by Crippen LogP contribution is -2.47. The number of carbonyl (C=O) groups is 2. The molecule has 1 aliphatic rings. The summed E-state index contributed by atoms with van der Waals surface area (Å²) in [6, 6.07) is 1.46. The van der Waals surface area contributed by atoms with Gasteiger partial charge >= 0.3 is 0 Å². The maximum Gasteiger partial charge on any atom is 0.243 e. The number of furan rings is 1. The molecular weight excluding hydrogens is 276 g/mol. The third kappa shape index (κ3) is 3.00. The highest BCUT2D eigenvalue weighted by Gasteiger charge is 2.41. The summed E-state index contributed by atoms with van der Waals surface area (Å²) in [5.74, 6) is 0.557. The van der Waals surface area contributed by atoms with E-state index in [0.29, 0.717) is 18.7 Å². The van der Waals surface area contributed by atoms with Gasteiger partial charge in [0.2, 0.25) is 11.8 Å². The second kappa shape index (κ2) is 6.83. The molecule has 20 heavy (non-hydrogen) atoms. The molecule has 1 aliphatic heterocycles. The molecule has 0 aliphatic carbocycles. The molecule has 0 radical (unpaired) electrons. The minimum absolute atomic E-state index is 0.00199. The van der Waals surface area contributed by atoms with Crippen LogP contribution in [0.5, 0.6) is 0 Å². The van der Waals surface area contributed by atoms with Gasteiger partial charge in [-0.05, 0) is 12.5 Å². The van der Waals surface area contributed by atoms with Crippen LogP contribution in [0.25, 0.3) is 0 Å². The molecule has 2 unspecified atom stereocenters. The van der Waals surface area contributed by atoms with E-state index in [1.165, 1.54) is 0 Å². The molecule has 0 bridgehead atoms. The van der Waals surface area contributed by atoms with Gasteiger partial charge in [0.25, 0.3) is 0 Å². The van der Waals surface area contributed by atoms with E-state index in [4.69, 9.17) is 4.42 Å². The number of hydrogen-bond donors (Lipinski definition) is 1. The van der Waals surface area contributed by atoms with E-state index >= 15 is 0 Å². The largest absolute Gasteiger partial charge is 0.472 e. The molecule has 0 spiro atoms. The molecular formula is C14H20N2O3S. The molecule has 1 aromatic rings. The topological polar surface area (TPSA) is 62.6 Å². The Morgan fingerprint density at radius 1 is 1.50 bits per heavy atom. The van der Waals surface area contributed by atoms with Crippen molar-refractivity contribution in [2.75, 3.05) is 12.3 Å². The molecule has 110 valence electrons. The Labute approximate surface area is 123 Å². The summed E-state index contributed by atoms with van der Waals surface area (Å²) in [6.45, 7) is 4.47. The van der Waals surface area contributed by atoms with Gasteiger partial charge < -0.3 is 14.6 Å². The van der Waals surface area contributed by atoms with Crippen LogP contribution in [0.1, 0.15) is 37.6 Å². The highest BCUT2D eigenvalue weighted by atomic mass is 32.2. The summed E-state index contributed by atoms with van der Waals surface area (Å²) in [5, 5.41) is 2.75. The third-order valence-electron chi connectivity index (χ3n) is 3.27. The normalized spacial score (nSPS) is 22.0. The van der Waals surface area contributed by atoms with Crippen molar-refractivity contribution in [3.63, 3.8) is 0 Å². The van der Waals surface area contributed by atoms with Crippen molar-refractivity contribution in [2.45, 2.75) is 38.1 Å². The zero-order valence-corrected chi connectivity index (χ0v) is 12.6. The number of nitrogens with one attached hydrogen (secondary N) is 1. The minimum atomic E-state index is -0.390. The van der Waals surface area contributed by atoms with E-state index in [0.717, 1.165) is 12.0 Å². The average Bonchev–Trinajstić information content (AvgIpc) is 3.11. The monoisotopic (exact) mass is 296 g/mol. The van der Waals surface area contributed by atoms with Crippen LogP contribution in [0.2, 0.25) is 0 Å². The zero-order chi connectivity index (χ0) is 14.5. The fourth-order valence-corrected chi connectivity index (χ4v) is 3.66. The SMILES string of the molecule is CCCNC(=O)C1CSC(c2ccoc2)N1C(=O)CC. The van der Waals surface area contributed by atoms with E-state index < -0.39 is 0 Å². The highest BCUT2D eigenvalue weighted by molar-refractivity contribution is 7.99. The van der Waals surface area contributed by atoms with Crippen LogP contribution >= 0.6 is 11.8 Å². The van der Waals surface area contributed by atoms with Gasteiger partial charge in [-0.2, -0.15) is 0 Å². The van der Waals surface area contributed by atoms with Crippen molar-refractivity contribution < 1.29 is 14.0 Å². The number of amides is 2. The maximum absolute atomic E-state index is 12.2. The molecule has 2 amide bonds. The fourth-order valence-electron chi connectivity index (χ4n) is 2.23. The summed E-state index contributed by atoms with van der Waals surface area (Å²) in [7, 11) is 0. The van der Waals surface area contributed by atoms with E-state index in [1.807, 2.05) is 19.9 Å². The third-order valence-corrected chi connectivity index (χ3v) is 4.59. The van der Waals surface area contributed by atoms with Crippen LogP contribution < -0.4 is 5.32 Å². The van der Waals surface area contributed by atoms with Crippen molar-refractivity contribution in [1.29, 1.82) is 0 Å². The quantitative estimate of drug-likeness (QED) is 0.904. The number of carbonyl (C=O) groups excluding carboxylic acids is 2. The first-order valence-electron chi connectivity index (χ1n) is 6.91. The molecule has 5 nitrogen and oxygen atoms in total. The Morgan fingerprint density at radius 3 is 2.90 bits per heavy atom. The van der Waals surface area contributed by atoms with Crippen LogP contribution in [-0.4, -0.2) is 35.1 Å². The molecule has 0 saturated carbocycles. The Morgan fingerprint density at radius 2 is 2.30 bits per heavy atom. The highest BCUT2D eigenvalue weighted by Crippen LogP contribution is 2.41. The van der Waals surface area contributed by atoms with Gasteiger partial charge in [0.05, 0.1) is 12.5 Å². The molecule has 1 fully saturated rings. The Bertz CT molecular complexity index is 461.